The zero-order valence-electron chi connectivity index (χ0n) is 26.7. The molecule has 4 aromatic carbocycles. The molecule has 0 bridgehead atoms. The van der Waals surface area contributed by atoms with Crippen LogP contribution in [0.5, 0.6) is 11.5 Å². The van der Waals surface area contributed by atoms with Gasteiger partial charge in [-0.3, -0.25) is 0 Å². The van der Waals surface area contributed by atoms with Crippen molar-refractivity contribution >= 4 is 5.71 Å². The van der Waals surface area contributed by atoms with E-state index in [4.69, 9.17) is 9.47 Å². The molecule has 0 atom stereocenters. The van der Waals surface area contributed by atoms with Gasteiger partial charge < -0.3 is 9.47 Å². The van der Waals surface area contributed by atoms with Crippen molar-refractivity contribution in [2.24, 2.45) is 0 Å². The zero-order valence-corrected chi connectivity index (χ0v) is 26.7. The van der Waals surface area contributed by atoms with Crippen molar-refractivity contribution in [2.45, 2.75) is 58.2 Å². The van der Waals surface area contributed by atoms with Gasteiger partial charge in [-0.15, -0.1) is 0 Å². The Hall–Kier alpha value is -4.34. The van der Waals surface area contributed by atoms with Gasteiger partial charge >= 0.3 is 6.18 Å². The largest absolute Gasteiger partial charge is 0.493 e. The number of hydrogen-bond acceptors (Lipinski definition) is 2. The smallest absolute Gasteiger partial charge is 0.416 e. The van der Waals surface area contributed by atoms with Crippen LogP contribution in [-0.2, 0) is 31.0 Å². The van der Waals surface area contributed by atoms with E-state index >= 15 is 8.78 Å². The van der Waals surface area contributed by atoms with E-state index in [2.05, 4.69) is 45.0 Å². The number of alkyl halides is 3. The molecule has 1 aliphatic rings. The first-order valence-electron chi connectivity index (χ1n) is 15.1. The van der Waals surface area contributed by atoms with Crippen molar-refractivity contribution < 1.29 is 44.8 Å². The summed E-state index contributed by atoms with van der Waals surface area (Å²) in [6.07, 6.45) is -3.23. The number of fused-ring (bicyclic) bond motifs is 1. The van der Waals surface area contributed by atoms with Crippen LogP contribution in [0.25, 0.3) is 11.1 Å². The summed E-state index contributed by atoms with van der Waals surface area (Å²) in [5, 5.41) is 0. The fourth-order valence-corrected chi connectivity index (χ4v) is 6.00. The molecule has 1 heterocycles. The third kappa shape index (κ3) is 7.01. The highest BCUT2D eigenvalue weighted by Gasteiger charge is 2.34. The van der Waals surface area contributed by atoms with Gasteiger partial charge in [-0.25, -0.2) is 22.1 Å². The average molecular weight is 659 g/mol. The molecule has 0 saturated carbocycles. The molecule has 0 spiro atoms. The number of hydrogen-bond donors (Lipinski definition) is 0. The molecule has 10 heteroatoms. The van der Waals surface area contributed by atoms with Crippen molar-refractivity contribution in [3.05, 3.63) is 117 Å². The fraction of sp³-hybridized carbons (Fsp3) is 0.324. The molecule has 0 radical (unpaired) electrons. The first kappa shape index (κ1) is 34.0. The van der Waals surface area contributed by atoms with Gasteiger partial charge in [0.2, 0.25) is 0 Å². The van der Waals surface area contributed by atoms with Crippen LogP contribution in [0.2, 0.25) is 0 Å². The summed E-state index contributed by atoms with van der Waals surface area (Å²) >= 11 is 0. The van der Waals surface area contributed by atoms with Gasteiger partial charge in [-0.2, -0.15) is 13.2 Å². The molecule has 0 fully saturated rings. The Balaban J connectivity index is 1.65. The van der Waals surface area contributed by atoms with Gasteiger partial charge in [0.25, 0.3) is 0 Å². The van der Waals surface area contributed by atoms with Crippen LogP contribution in [0.1, 0.15) is 60.6 Å². The quantitative estimate of drug-likeness (QED) is 0.107. The van der Waals surface area contributed by atoms with Crippen LogP contribution >= 0.6 is 0 Å². The molecule has 4 aromatic rings. The second-order valence-corrected chi connectivity index (χ2v) is 12.6. The summed E-state index contributed by atoms with van der Waals surface area (Å²) in [4.78, 5) is 0. The lowest BCUT2D eigenvalue weighted by molar-refractivity contribution is -0.545. The molecule has 0 amide bonds. The summed E-state index contributed by atoms with van der Waals surface area (Å²) in [5.41, 5.74) is 1.94. The van der Waals surface area contributed by atoms with Crippen LogP contribution in [0.3, 0.4) is 0 Å². The second kappa shape index (κ2) is 13.0. The Labute approximate surface area is 269 Å². The highest BCUT2D eigenvalue weighted by atomic mass is 19.4. The molecule has 0 unspecified atom stereocenters. The Morgan fingerprint density at radius 1 is 0.702 bits per heavy atom. The normalized spacial score (nSPS) is 13.5. The van der Waals surface area contributed by atoms with Gasteiger partial charge in [0.15, 0.2) is 47.0 Å². The molecule has 0 saturated heterocycles. The van der Waals surface area contributed by atoms with Crippen LogP contribution in [0.15, 0.2) is 60.7 Å². The molecule has 0 aromatic heterocycles. The van der Waals surface area contributed by atoms with E-state index in [1.165, 1.54) is 19.8 Å². The molecule has 3 nitrogen and oxygen atoms in total. The highest BCUT2D eigenvalue weighted by Crippen LogP contribution is 2.39. The van der Waals surface area contributed by atoms with Crippen LogP contribution in [0.4, 0.5) is 30.7 Å². The van der Waals surface area contributed by atoms with Gasteiger partial charge in [-0.05, 0) is 58.4 Å². The molecule has 5 rings (SSSR count). The van der Waals surface area contributed by atoms with Gasteiger partial charge in [0.05, 0.1) is 25.3 Å². The predicted molar refractivity (Wildman–Crippen MR) is 166 cm³/mol. The van der Waals surface area contributed by atoms with E-state index in [0.717, 1.165) is 34.5 Å². The summed E-state index contributed by atoms with van der Waals surface area (Å²) in [7, 11) is 3.04. The number of ether oxygens (including phenoxy) is 2. The van der Waals surface area contributed by atoms with E-state index in [1.54, 1.807) is 0 Å². The minimum atomic E-state index is -4.87. The van der Waals surface area contributed by atoms with Crippen LogP contribution < -0.4 is 9.47 Å². The van der Waals surface area contributed by atoms with Gasteiger partial charge in [-0.1, -0.05) is 51.1 Å². The Morgan fingerprint density at radius 2 is 1.30 bits per heavy atom. The topological polar surface area (TPSA) is 21.5 Å². The molecule has 0 N–H and O–H groups in total. The molecule has 248 valence electrons. The lowest BCUT2D eigenvalue weighted by Crippen LogP contribution is -2.30. The van der Waals surface area contributed by atoms with Crippen molar-refractivity contribution in [2.75, 3.05) is 20.8 Å². The van der Waals surface area contributed by atoms with Crippen LogP contribution in [0, 0.1) is 23.3 Å². The first-order chi connectivity index (χ1) is 22.1. The number of methoxy groups -OCH3 is 2. The van der Waals surface area contributed by atoms with Gasteiger partial charge in [0.1, 0.15) is 6.54 Å². The molecular formula is C37H35F7NO2+. The third-order valence-corrected chi connectivity index (χ3v) is 8.60. The third-order valence-electron chi connectivity index (χ3n) is 8.60. The minimum absolute atomic E-state index is 0.0229. The Bertz CT molecular complexity index is 1810. The maximum atomic E-state index is 15.0. The Morgan fingerprint density at radius 3 is 1.87 bits per heavy atom. The van der Waals surface area contributed by atoms with E-state index < -0.39 is 46.1 Å². The van der Waals surface area contributed by atoms with E-state index in [0.29, 0.717) is 43.4 Å². The molecule has 0 aliphatic carbocycles. The molecule has 1 aliphatic heterocycles. The number of halogens is 7. The lowest BCUT2D eigenvalue weighted by atomic mass is 9.86. The lowest BCUT2D eigenvalue weighted by Gasteiger charge is -2.22. The summed E-state index contributed by atoms with van der Waals surface area (Å²) in [6, 6.07) is 14.5. The van der Waals surface area contributed by atoms with Crippen molar-refractivity contribution in [1.82, 2.24) is 0 Å². The monoisotopic (exact) mass is 658 g/mol. The van der Waals surface area contributed by atoms with E-state index in [-0.39, 0.29) is 23.6 Å². The number of benzene rings is 4. The summed E-state index contributed by atoms with van der Waals surface area (Å²) in [5.74, 6) is -5.93. The second-order valence-electron chi connectivity index (χ2n) is 12.6. The van der Waals surface area contributed by atoms with Crippen LogP contribution in [-0.4, -0.2) is 31.1 Å². The molecule has 47 heavy (non-hydrogen) atoms. The molecular weight excluding hydrogens is 623 g/mol. The SMILES string of the molecule is COc1cc2c(cc1OC)C(CCc1ccc(C(C)(C)C)cc1)=[N+](Cc1ccc(C(F)(F)F)cc1-c1c(F)c(F)cc(F)c1F)CC2. The highest BCUT2D eigenvalue weighted by molar-refractivity contribution is 5.99. The van der Waals surface area contributed by atoms with Crippen molar-refractivity contribution in [3.8, 4) is 22.6 Å². The first-order valence-corrected chi connectivity index (χ1v) is 15.1. The van der Waals surface area contributed by atoms with Crippen molar-refractivity contribution in [1.29, 1.82) is 0 Å². The summed E-state index contributed by atoms with van der Waals surface area (Å²) < 4.78 is 113. The van der Waals surface area contributed by atoms with Crippen molar-refractivity contribution in [3.63, 3.8) is 0 Å². The maximum Gasteiger partial charge on any atom is 0.416 e. The van der Waals surface area contributed by atoms with Gasteiger partial charge in [0, 0.05) is 30.0 Å². The standard InChI is InChI=1S/C37H35F7NO2/c1-36(2,3)24-10-6-21(7-11-24)8-13-30-26-18-32(47-5)31(46-4)16-22(26)14-15-45(30)20-23-9-12-25(37(42,43)44)17-27(23)33-34(40)28(38)19-29(39)35(33)41/h6-7,9-12,16-19H,8,13-15,20H2,1-5H3/q+1. The Kier molecular flexibility index (Phi) is 9.44. The fourth-order valence-electron chi connectivity index (χ4n) is 6.00. The average Bonchev–Trinajstić information content (AvgIpc) is 3.02. The number of nitrogens with zero attached hydrogens (tertiary/aromatic N) is 1. The predicted octanol–water partition coefficient (Wildman–Crippen LogP) is 9.43. The van der Waals surface area contributed by atoms with E-state index in [9.17, 15) is 22.0 Å². The zero-order chi connectivity index (χ0) is 34.3. The van der Waals surface area contributed by atoms with E-state index in [1.807, 2.05) is 16.7 Å². The minimum Gasteiger partial charge on any atom is -0.493 e. The summed E-state index contributed by atoms with van der Waals surface area (Å²) in [6.45, 7) is 6.70. The number of rotatable bonds is 8. The number of aryl methyl sites for hydroxylation is 1. The maximum absolute atomic E-state index is 15.0.